The van der Waals surface area contributed by atoms with Crippen molar-refractivity contribution < 1.29 is 28.6 Å². The average molecular weight is 519 g/mol. The highest BCUT2D eigenvalue weighted by molar-refractivity contribution is 7.99. The average Bonchev–Trinajstić information content (AvgIpc) is 3.20. The normalized spacial score (nSPS) is 10.5. The second kappa shape index (κ2) is 11.7. The number of esters is 2. The Bertz CT molecular complexity index is 1260. The van der Waals surface area contributed by atoms with Crippen molar-refractivity contribution in [3.8, 4) is 5.75 Å². The third-order valence-corrected chi connectivity index (χ3v) is 6.13. The van der Waals surface area contributed by atoms with Crippen molar-refractivity contribution in [1.29, 1.82) is 0 Å². The van der Waals surface area contributed by atoms with Gasteiger partial charge in [0.2, 0.25) is 5.91 Å². The quantitative estimate of drug-likeness (QED) is 0.334. The number of hydrogen-bond acceptors (Lipinski definition) is 9. The molecule has 0 atom stereocenters. The molecule has 0 bridgehead atoms. The van der Waals surface area contributed by atoms with Crippen LogP contribution >= 0.6 is 23.4 Å². The summed E-state index contributed by atoms with van der Waals surface area (Å²) in [6, 6.07) is 9.49. The SMILES string of the molecule is COC(=O)c1ccc(C(=O)OC)c(NC(=O)CSc2nnc(COc3ccc(Cl)cc3C)n2C)c1. The minimum atomic E-state index is -0.654. The highest BCUT2D eigenvalue weighted by Crippen LogP contribution is 2.24. The molecule has 0 fully saturated rings. The van der Waals surface area contributed by atoms with Gasteiger partial charge in [-0.3, -0.25) is 4.79 Å². The summed E-state index contributed by atoms with van der Waals surface area (Å²) in [5.74, 6) is -0.443. The second-order valence-corrected chi connectivity index (χ2v) is 8.62. The molecule has 1 aromatic heterocycles. The highest BCUT2D eigenvalue weighted by atomic mass is 35.5. The number of amides is 1. The van der Waals surface area contributed by atoms with Gasteiger partial charge in [-0.1, -0.05) is 23.4 Å². The maximum atomic E-state index is 12.6. The fourth-order valence-electron chi connectivity index (χ4n) is 3.01. The minimum absolute atomic E-state index is 0.0216. The Morgan fingerprint density at radius 1 is 1.06 bits per heavy atom. The van der Waals surface area contributed by atoms with E-state index in [1.165, 1.54) is 32.4 Å². The van der Waals surface area contributed by atoms with Crippen molar-refractivity contribution in [2.75, 3.05) is 25.3 Å². The largest absolute Gasteiger partial charge is 0.485 e. The van der Waals surface area contributed by atoms with Gasteiger partial charge in [0.1, 0.15) is 12.4 Å². The Balaban J connectivity index is 1.64. The van der Waals surface area contributed by atoms with Crippen LogP contribution in [0.4, 0.5) is 5.69 Å². The molecule has 0 saturated heterocycles. The minimum Gasteiger partial charge on any atom is -0.485 e. The maximum Gasteiger partial charge on any atom is 0.339 e. The first-order valence-corrected chi connectivity index (χ1v) is 11.6. The van der Waals surface area contributed by atoms with Crippen molar-refractivity contribution in [2.45, 2.75) is 18.7 Å². The van der Waals surface area contributed by atoms with Crippen LogP contribution in [0.25, 0.3) is 0 Å². The number of hydrogen-bond donors (Lipinski definition) is 1. The van der Waals surface area contributed by atoms with E-state index in [0.29, 0.717) is 21.8 Å². The van der Waals surface area contributed by atoms with Crippen LogP contribution in [-0.2, 0) is 27.9 Å². The van der Waals surface area contributed by atoms with Gasteiger partial charge in [0, 0.05) is 12.1 Å². The first kappa shape index (κ1) is 26.0. The van der Waals surface area contributed by atoms with Gasteiger partial charge < -0.3 is 24.1 Å². The number of methoxy groups -OCH3 is 2. The third-order valence-electron chi connectivity index (χ3n) is 4.87. The van der Waals surface area contributed by atoms with Crippen LogP contribution < -0.4 is 10.1 Å². The lowest BCUT2D eigenvalue weighted by atomic mass is 10.1. The standard InChI is InChI=1S/C23H23ClN4O6S/c1-13-9-15(24)6-8-18(13)34-11-19-26-27-23(28(19)2)35-12-20(29)25-17-10-14(21(30)32-3)5-7-16(17)22(31)33-4/h5-10H,11-12H2,1-4H3,(H,25,29). The maximum absolute atomic E-state index is 12.6. The van der Waals surface area contributed by atoms with Gasteiger partial charge in [-0.05, 0) is 48.9 Å². The van der Waals surface area contributed by atoms with Crippen LogP contribution in [0.2, 0.25) is 5.02 Å². The van der Waals surface area contributed by atoms with Crippen LogP contribution in [0.1, 0.15) is 32.1 Å². The topological polar surface area (TPSA) is 122 Å². The van der Waals surface area contributed by atoms with Gasteiger partial charge in [-0.25, -0.2) is 9.59 Å². The van der Waals surface area contributed by atoms with Crippen molar-refractivity contribution in [1.82, 2.24) is 14.8 Å². The van der Waals surface area contributed by atoms with Gasteiger partial charge in [0.05, 0.1) is 36.8 Å². The van der Waals surface area contributed by atoms with Crippen LogP contribution in [-0.4, -0.2) is 52.6 Å². The zero-order chi connectivity index (χ0) is 25.5. The Morgan fingerprint density at radius 2 is 1.80 bits per heavy atom. The Kier molecular flexibility index (Phi) is 8.72. The van der Waals surface area contributed by atoms with Crippen molar-refractivity contribution in [2.24, 2.45) is 7.05 Å². The molecular weight excluding hydrogens is 496 g/mol. The van der Waals surface area contributed by atoms with Gasteiger partial charge >= 0.3 is 11.9 Å². The van der Waals surface area contributed by atoms with E-state index in [2.05, 4.69) is 15.5 Å². The fourth-order valence-corrected chi connectivity index (χ4v) is 3.97. The van der Waals surface area contributed by atoms with Crippen LogP contribution in [0, 0.1) is 6.92 Å². The molecule has 1 amide bonds. The molecule has 0 saturated carbocycles. The number of nitrogens with zero attached hydrogens (tertiary/aromatic N) is 3. The molecule has 12 heteroatoms. The second-order valence-electron chi connectivity index (χ2n) is 7.24. The molecule has 10 nitrogen and oxygen atoms in total. The third kappa shape index (κ3) is 6.52. The first-order chi connectivity index (χ1) is 16.7. The Labute approximate surface area is 210 Å². The molecule has 35 heavy (non-hydrogen) atoms. The number of aryl methyl sites for hydroxylation is 1. The van der Waals surface area contributed by atoms with Crippen molar-refractivity contribution in [3.63, 3.8) is 0 Å². The molecule has 0 aliphatic heterocycles. The number of ether oxygens (including phenoxy) is 3. The van der Waals surface area contributed by atoms with E-state index >= 15 is 0 Å². The van der Waals surface area contributed by atoms with E-state index in [1.807, 2.05) is 6.92 Å². The van der Waals surface area contributed by atoms with Gasteiger partial charge in [0.25, 0.3) is 0 Å². The van der Waals surface area contributed by atoms with Gasteiger partial charge in [-0.15, -0.1) is 10.2 Å². The molecule has 3 aromatic rings. The summed E-state index contributed by atoms with van der Waals surface area (Å²) in [6.45, 7) is 2.08. The number of anilines is 1. The fraction of sp³-hybridized carbons (Fsp3) is 0.261. The molecule has 0 radical (unpaired) electrons. The molecule has 0 spiro atoms. The lowest BCUT2D eigenvalue weighted by molar-refractivity contribution is -0.113. The van der Waals surface area contributed by atoms with E-state index in [0.717, 1.165) is 17.3 Å². The summed E-state index contributed by atoms with van der Waals surface area (Å²) >= 11 is 7.13. The van der Waals surface area contributed by atoms with Crippen LogP contribution in [0.5, 0.6) is 5.75 Å². The van der Waals surface area contributed by atoms with E-state index in [4.69, 9.17) is 25.8 Å². The summed E-state index contributed by atoms with van der Waals surface area (Å²) in [6.07, 6.45) is 0. The summed E-state index contributed by atoms with van der Waals surface area (Å²) in [4.78, 5) is 36.5. The van der Waals surface area contributed by atoms with E-state index in [-0.39, 0.29) is 29.2 Å². The number of nitrogens with one attached hydrogen (secondary N) is 1. The van der Waals surface area contributed by atoms with Crippen molar-refractivity contribution in [3.05, 3.63) is 63.9 Å². The predicted octanol–water partition coefficient (Wildman–Crippen LogP) is 3.66. The van der Waals surface area contributed by atoms with Gasteiger partial charge in [-0.2, -0.15) is 0 Å². The van der Waals surface area contributed by atoms with E-state index < -0.39 is 17.8 Å². The molecule has 1 heterocycles. The van der Waals surface area contributed by atoms with Crippen molar-refractivity contribution >= 4 is 46.9 Å². The number of carbonyl (C=O) groups is 3. The monoisotopic (exact) mass is 518 g/mol. The zero-order valence-corrected chi connectivity index (χ0v) is 21.0. The predicted molar refractivity (Wildman–Crippen MR) is 130 cm³/mol. The smallest absolute Gasteiger partial charge is 0.339 e. The van der Waals surface area contributed by atoms with Gasteiger partial charge in [0.15, 0.2) is 11.0 Å². The Hall–Kier alpha value is -3.57. The lowest BCUT2D eigenvalue weighted by Crippen LogP contribution is -2.18. The summed E-state index contributed by atoms with van der Waals surface area (Å²) in [5, 5.41) is 12.0. The molecular formula is C23H23ClN4O6S. The number of carbonyl (C=O) groups excluding carboxylic acids is 3. The number of halogens is 1. The zero-order valence-electron chi connectivity index (χ0n) is 19.5. The molecule has 0 aliphatic carbocycles. The van der Waals surface area contributed by atoms with E-state index in [1.54, 1.807) is 29.8 Å². The molecule has 184 valence electrons. The molecule has 2 aromatic carbocycles. The molecule has 0 unspecified atom stereocenters. The number of rotatable bonds is 9. The van der Waals surface area contributed by atoms with E-state index in [9.17, 15) is 14.4 Å². The molecule has 3 rings (SSSR count). The molecule has 1 N–H and O–H groups in total. The highest BCUT2D eigenvalue weighted by Gasteiger charge is 2.18. The summed E-state index contributed by atoms with van der Waals surface area (Å²) < 4.78 is 17.0. The lowest BCUT2D eigenvalue weighted by Gasteiger charge is -2.11. The first-order valence-electron chi connectivity index (χ1n) is 10.2. The number of thioether (sulfide) groups is 1. The molecule has 0 aliphatic rings. The number of aromatic nitrogens is 3. The summed E-state index contributed by atoms with van der Waals surface area (Å²) in [5.41, 5.74) is 1.32. The Morgan fingerprint density at radius 3 is 2.49 bits per heavy atom. The van der Waals surface area contributed by atoms with Crippen LogP contribution in [0.15, 0.2) is 41.6 Å². The number of benzene rings is 2. The van der Waals surface area contributed by atoms with Crippen LogP contribution in [0.3, 0.4) is 0 Å². The summed E-state index contributed by atoms with van der Waals surface area (Å²) in [7, 11) is 4.23.